The zero-order chi connectivity index (χ0) is 48.8. The molecule has 0 saturated heterocycles. The molecule has 3 aromatic heterocycles. The van der Waals surface area contributed by atoms with Crippen LogP contribution in [0.4, 0.5) is 0 Å². The topological polar surface area (TPSA) is 43.9 Å². The molecule has 10 aromatic rings. The second-order valence-corrected chi connectivity index (χ2v) is 25.3. The SMILES string of the molecule is CC(C)c1cc(-c2ccccc2)cc(C(C)C)c1-n1c(-c2[c-]ccc3c2oc2cc(-c4ccccc4)ccc23)nc2ccccc21.[2H]C([2H])(c1cc(-c2[c-]cccc2)ncc1[Si](C)(C)C)C(C)(C)C.[Ir]. The first-order valence-electron chi connectivity index (χ1n) is 24.5. The van der Waals surface area contributed by atoms with Gasteiger partial charge in [0, 0.05) is 40.1 Å². The van der Waals surface area contributed by atoms with Gasteiger partial charge in [-0.25, -0.2) is 0 Å². The van der Waals surface area contributed by atoms with E-state index in [1.54, 1.807) is 0 Å². The minimum absolute atomic E-state index is 0. The van der Waals surface area contributed by atoms with E-state index >= 15 is 0 Å². The number of nitrogens with zero attached hydrogens (tertiary/aromatic N) is 3. The van der Waals surface area contributed by atoms with Gasteiger partial charge in [0.15, 0.2) is 0 Å². The fourth-order valence-corrected chi connectivity index (χ4v) is 10.4. The minimum atomic E-state index is -1.70. The first-order valence-corrected chi connectivity index (χ1v) is 27.0. The Morgan fingerprint density at radius 3 is 1.91 bits per heavy atom. The monoisotopic (exact) mass is 1090 g/mol. The molecule has 0 aliphatic rings. The second kappa shape index (κ2) is 19.8. The van der Waals surface area contributed by atoms with Crippen molar-refractivity contribution in [2.45, 2.75) is 86.3 Å². The number of pyridine rings is 1. The summed E-state index contributed by atoms with van der Waals surface area (Å²) < 4.78 is 26.6. The molecule has 3 heterocycles. The van der Waals surface area contributed by atoms with Crippen molar-refractivity contribution in [3.8, 4) is 50.6 Å². The molecule has 0 amide bonds. The Hall–Kier alpha value is -6.17. The van der Waals surface area contributed by atoms with Crippen molar-refractivity contribution in [1.29, 1.82) is 0 Å². The number of hydrogen-bond donors (Lipinski definition) is 0. The van der Waals surface area contributed by atoms with Crippen LogP contribution in [0.15, 0.2) is 168 Å². The molecule has 10 rings (SSSR count). The Morgan fingerprint density at radius 1 is 0.662 bits per heavy atom. The largest absolute Gasteiger partial charge is 0.501 e. The molecule has 0 N–H and O–H groups in total. The zero-order valence-corrected chi connectivity index (χ0v) is 44.2. The maximum Gasteiger partial charge on any atom is 0.121 e. The normalized spacial score (nSPS) is 12.5. The predicted molar refractivity (Wildman–Crippen MR) is 286 cm³/mol. The molecule has 0 atom stereocenters. The quantitative estimate of drug-likeness (QED) is 0.107. The van der Waals surface area contributed by atoms with Crippen molar-refractivity contribution >= 4 is 46.2 Å². The van der Waals surface area contributed by atoms with Crippen LogP contribution < -0.4 is 5.19 Å². The summed E-state index contributed by atoms with van der Waals surface area (Å²) in [6.07, 6.45) is 0.469. The van der Waals surface area contributed by atoms with E-state index in [0.29, 0.717) is 0 Å². The average Bonchev–Trinajstić information content (AvgIpc) is 3.92. The third kappa shape index (κ3) is 10.0. The van der Waals surface area contributed by atoms with Crippen molar-refractivity contribution in [2.75, 3.05) is 0 Å². The van der Waals surface area contributed by atoms with E-state index in [9.17, 15) is 0 Å². The van der Waals surface area contributed by atoms with Gasteiger partial charge in [-0.15, -0.1) is 54.1 Å². The van der Waals surface area contributed by atoms with Gasteiger partial charge in [-0.1, -0.05) is 176 Å². The fourth-order valence-electron chi connectivity index (χ4n) is 9.01. The number of aromatic nitrogens is 3. The molecule has 0 spiro atoms. The molecular weight excluding hydrogens is 1020 g/mol. The molecule has 0 fully saturated rings. The minimum Gasteiger partial charge on any atom is -0.501 e. The summed E-state index contributed by atoms with van der Waals surface area (Å²) in [6, 6.07) is 61.3. The van der Waals surface area contributed by atoms with E-state index in [1.807, 2.05) is 69.4 Å². The van der Waals surface area contributed by atoms with Crippen LogP contribution in [0.25, 0.3) is 83.6 Å². The molecule has 0 saturated carbocycles. The summed E-state index contributed by atoms with van der Waals surface area (Å²) in [5, 5.41) is 3.25. The van der Waals surface area contributed by atoms with E-state index in [0.717, 1.165) is 71.9 Å². The van der Waals surface area contributed by atoms with Crippen LogP contribution in [-0.4, -0.2) is 22.6 Å². The summed E-state index contributed by atoms with van der Waals surface area (Å²) in [7, 11) is -1.70. The van der Waals surface area contributed by atoms with E-state index in [4.69, 9.17) is 12.1 Å². The zero-order valence-electron chi connectivity index (χ0n) is 42.8. The van der Waals surface area contributed by atoms with Gasteiger partial charge in [-0.05, 0) is 98.2 Å². The van der Waals surface area contributed by atoms with Gasteiger partial charge in [-0.3, -0.25) is 4.98 Å². The summed E-state index contributed by atoms with van der Waals surface area (Å²) in [5.74, 6) is 1.41. The summed E-state index contributed by atoms with van der Waals surface area (Å²) in [6.45, 7) is 21.7. The van der Waals surface area contributed by atoms with Gasteiger partial charge in [0.25, 0.3) is 0 Å². The number of hydrogen-bond acceptors (Lipinski definition) is 3. The summed E-state index contributed by atoms with van der Waals surface area (Å²) in [4.78, 5) is 9.91. The Kier molecular flexibility index (Phi) is 13.3. The van der Waals surface area contributed by atoms with Crippen LogP contribution in [0.2, 0.25) is 19.6 Å². The smallest absolute Gasteiger partial charge is 0.121 e. The van der Waals surface area contributed by atoms with Crippen LogP contribution in [0.1, 0.15) is 79.7 Å². The molecule has 0 aliphatic carbocycles. The third-order valence-electron chi connectivity index (χ3n) is 12.3. The van der Waals surface area contributed by atoms with Gasteiger partial charge in [-0.2, -0.15) is 0 Å². The Labute approximate surface area is 420 Å². The van der Waals surface area contributed by atoms with Crippen molar-refractivity contribution in [1.82, 2.24) is 14.5 Å². The summed E-state index contributed by atoms with van der Waals surface area (Å²) in [5.41, 5.74) is 15.1. The maximum atomic E-state index is 8.75. The van der Waals surface area contributed by atoms with Crippen molar-refractivity contribution in [2.24, 2.45) is 5.41 Å². The van der Waals surface area contributed by atoms with Crippen LogP contribution in [0, 0.1) is 17.5 Å². The van der Waals surface area contributed by atoms with Crippen molar-refractivity contribution < 1.29 is 27.3 Å². The average molecular weight is 1090 g/mol. The molecule has 0 aliphatic heterocycles. The Morgan fingerprint density at radius 2 is 1.29 bits per heavy atom. The number of para-hydroxylation sites is 2. The van der Waals surface area contributed by atoms with Gasteiger partial charge < -0.3 is 14.0 Å². The number of benzene rings is 7. The molecule has 68 heavy (non-hydrogen) atoms. The standard InChI is InChI=1S/C43H35N2O.C19H26NSi.Ir/c1-27(2)36-24-32(30-16-9-6-10-17-30)25-37(28(3)4)41(36)45-39-21-12-11-20-38(39)44-43(45)35-19-13-18-34-33-23-22-31(26-40(33)46-42(34)35)29-14-7-5-8-15-29;1-19(2,3)13-16-12-17(15-10-8-7-9-11-15)20-14-18(16)21(4,5)6;/h5-18,20-28H,1-4H3;7-10,12,14H,13H2,1-6H3;/q2*-1;/i;13D2;. The molecular formula is C62H61IrN3OSi-2. The van der Waals surface area contributed by atoms with E-state index < -0.39 is 19.9 Å². The van der Waals surface area contributed by atoms with Crippen LogP contribution in [0.3, 0.4) is 0 Å². The van der Waals surface area contributed by atoms with Gasteiger partial charge in [0.1, 0.15) is 5.58 Å². The number of furan rings is 1. The fraction of sp³-hybridized carbons (Fsp3) is 0.226. The molecule has 0 unspecified atom stereocenters. The summed E-state index contributed by atoms with van der Waals surface area (Å²) >= 11 is 0. The molecule has 0 bridgehead atoms. The van der Waals surface area contributed by atoms with Crippen molar-refractivity contribution in [3.63, 3.8) is 0 Å². The first-order chi connectivity index (χ1) is 32.9. The predicted octanol–water partition coefficient (Wildman–Crippen LogP) is 16.7. The van der Waals surface area contributed by atoms with E-state index in [-0.39, 0.29) is 31.9 Å². The van der Waals surface area contributed by atoms with Gasteiger partial charge >= 0.3 is 0 Å². The Bertz CT molecular complexity index is 3410. The molecule has 7 aromatic carbocycles. The first kappa shape index (κ1) is 45.6. The Balaban J connectivity index is 0.000000233. The van der Waals surface area contributed by atoms with E-state index in [2.05, 4.69) is 184 Å². The maximum absolute atomic E-state index is 8.75. The molecule has 6 heteroatoms. The van der Waals surface area contributed by atoms with Crippen LogP contribution in [0.5, 0.6) is 0 Å². The second-order valence-electron chi connectivity index (χ2n) is 20.2. The molecule has 1 radical (unpaired) electrons. The third-order valence-corrected chi connectivity index (χ3v) is 14.3. The van der Waals surface area contributed by atoms with Crippen LogP contribution in [-0.2, 0) is 26.5 Å². The van der Waals surface area contributed by atoms with E-state index in [1.165, 1.54) is 33.5 Å². The van der Waals surface area contributed by atoms with Crippen molar-refractivity contribution in [3.05, 3.63) is 193 Å². The molecule has 4 nitrogen and oxygen atoms in total. The number of imidazole rings is 1. The number of rotatable bonds is 9. The number of fused-ring (bicyclic) bond motifs is 4. The van der Waals surface area contributed by atoms with Gasteiger partial charge in [0.05, 0.1) is 30.5 Å². The van der Waals surface area contributed by atoms with Crippen LogP contribution >= 0.6 is 0 Å². The van der Waals surface area contributed by atoms with Gasteiger partial charge in [0.2, 0.25) is 0 Å². The molecule has 345 valence electrons.